The fraction of sp³-hybridized carbons (Fsp3) is 0.364. The number of primary amides is 1. The summed E-state index contributed by atoms with van der Waals surface area (Å²) in [7, 11) is 0. The minimum atomic E-state index is -0.515. The fourth-order valence-corrected chi connectivity index (χ4v) is 1.57. The molecule has 0 heterocycles. The number of nitrogens with two attached hydrogens (primary N) is 1. The van der Waals surface area contributed by atoms with E-state index in [9.17, 15) is 14.9 Å². The monoisotopic (exact) mass is 287 g/mol. The number of ether oxygens (including phenoxy) is 1. The highest BCUT2D eigenvalue weighted by atomic mass is 35.5. The summed E-state index contributed by atoms with van der Waals surface area (Å²) in [5, 5.41) is 13.9. The summed E-state index contributed by atoms with van der Waals surface area (Å²) in [5.74, 6) is -0.515. The van der Waals surface area contributed by atoms with Crippen LogP contribution >= 0.6 is 11.6 Å². The third-order valence-electron chi connectivity index (χ3n) is 2.23. The van der Waals surface area contributed by atoms with E-state index in [-0.39, 0.29) is 12.3 Å². The first kappa shape index (κ1) is 15.4. The molecule has 7 nitrogen and oxygen atoms in total. The number of carbonyl (C=O) groups is 1. The van der Waals surface area contributed by atoms with E-state index in [2.05, 4.69) is 5.32 Å². The molecule has 1 rings (SSSR count). The molecular weight excluding hydrogens is 274 g/mol. The standard InChI is InChI=1S/C11H14ClN3O4/c12-10-5-9(15(17)18)2-1-8(10)6-14-3-4-19-7-11(13)16/h1-2,5,14H,3-4,6-7H2,(H2,13,16). The van der Waals surface area contributed by atoms with E-state index in [1.807, 2.05) is 0 Å². The summed E-state index contributed by atoms with van der Waals surface area (Å²) >= 11 is 5.92. The van der Waals surface area contributed by atoms with E-state index < -0.39 is 10.8 Å². The van der Waals surface area contributed by atoms with Gasteiger partial charge in [-0.1, -0.05) is 11.6 Å². The Hall–Kier alpha value is -1.70. The Bertz CT molecular complexity index is 467. The number of amides is 1. The van der Waals surface area contributed by atoms with Crippen LogP contribution in [0.3, 0.4) is 0 Å². The van der Waals surface area contributed by atoms with Gasteiger partial charge in [-0.25, -0.2) is 0 Å². The Morgan fingerprint density at radius 3 is 2.84 bits per heavy atom. The number of nitrogens with zero attached hydrogens (tertiary/aromatic N) is 1. The highest BCUT2D eigenvalue weighted by Crippen LogP contribution is 2.22. The summed E-state index contributed by atoms with van der Waals surface area (Å²) in [6.45, 7) is 1.20. The Morgan fingerprint density at radius 2 is 2.26 bits per heavy atom. The van der Waals surface area contributed by atoms with Crippen LogP contribution in [0.4, 0.5) is 5.69 Å². The normalized spacial score (nSPS) is 10.4. The van der Waals surface area contributed by atoms with Crippen LogP contribution in [-0.4, -0.2) is 30.6 Å². The first-order valence-corrected chi connectivity index (χ1v) is 5.88. The lowest BCUT2D eigenvalue weighted by Gasteiger charge is -2.06. The quantitative estimate of drug-likeness (QED) is 0.418. The zero-order chi connectivity index (χ0) is 14.3. The molecule has 0 atom stereocenters. The predicted molar refractivity (Wildman–Crippen MR) is 69.8 cm³/mol. The molecule has 19 heavy (non-hydrogen) atoms. The van der Waals surface area contributed by atoms with Gasteiger partial charge in [0.2, 0.25) is 5.91 Å². The smallest absolute Gasteiger partial charge is 0.270 e. The molecule has 0 unspecified atom stereocenters. The lowest BCUT2D eigenvalue weighted by atomic mass is 10.2. The Labute approximate surface area is 114 Å². The molecule has 0 aromatic heterocycles. The van der Waals surface area contributed by atoms with Crippen molar-refractivity contribution in [2.75, 3.05) is 19.8 Å². The van der Waals surface area contributed by atoms with Crippen LogP contribution in [0, 0.1) is 10.1 Å². The number of nitrogens with one attached hydrogen (secondary N) is 1. The number of non-ortho nitro benzene ring substituents is 1. The third-order valence-corrected chi connectivity index (χ3v) is 2.58. The van der Waals surface area contributed by atoms with Gasteiger partial charge >= 0.3 is 0 Å². The van der Waals surface area contributed by atoms with Crippen molar-refractivity contribution in [2.45, 2.75) is 6.54 Å². The number of nitro groups is 1. The van der Waals surface area contributed by atoms with Crippen LogP contribution < -0.4 is 11.1 Å². The number of benzene rings is 1. The number of carbonyl (C=O) groups excluding carboxylic acids is 1. The molecular formula is C11H14ClN3O4. The van der Waals surface area contributed by atoms with Crippen LogP contribution in [0.15, 0.2) is 18.2 Å². The van der Waals surface area contributed by atoms with Crippen LogP contribution in [0.5, 0.6) is 0 Å². The van der Waals surface area contributed by atoms with Gasteiger partial charge in [0.25, 0.3) is 5.69 Å². The largest absolute Gasteiger partial charge is 0.370 e. The Morgan fingerprint density at radius 1 is 1.53 bits per heavy atom. The van der Waals surface area contributed by atoms with E-state index in [1.165, 1.54) is 12.1 Å². The van der Waals surface area contributed by atoms with Crippen molar-refractivity contribution in [1.82, 2.24) is 5.32 Å². The van der Waals surface area contributed by atoms with E-state index in [0.717, 1.165) is 5.56 Å². The van der Waals surface area contributed by atoms with E-state index in [0.29, 0.717) is 24.7 Å². The summed E-state index contributed by atoms with van der Waals surface area (Å²) < 4.78 is 4.95. The molecule has 0 spiro atoms. The maximum Gasteiger partial charge on any atom is 0.270 e. The van der Waals surface area contributed by atoms with Crippen molar-refractivity contribution < 1.29 is 14.5 Å². The molecule has 1 aromatic carbocycles. The molecule has 0 fully saturated rings. The maximum atomic E-state index is 10.5. The second-order valence-corrected chi connectivity index (χ2v) is 4.14. The van der Waals surface area contributed by atoms with Gasteiger partial charge in [-0.15, -0.1) is 0 Å². The van der Waals surface area contributed by atoms with Crippen LogP contribution in [0.25, 0.3) is 0 Å². The molecule has 3 N–H and O–H groups in total. The maximum absolute atomic E-state index is 10.5. The van der Waals surface area contributed by atoms with Gasteiger partial charge in [0, 0.05) is 25.2 Å². The van der Waals surface area contributed by atoms with Gasteiger partial charge in [0.05, 0.1) is 16.6 Å². The molecule has 0 radical (unpaired) electrons. The van der Waals surface area contributed by atoms with Crippen molar-refractivity contribution in [1.29, 1.82) is 0 Å². The number of hydrogen-bond acceptors (Lipinski definition) is 5. The number of rotatable bonds is 8. The van der Waals surface area contributed by atoms with Crippen molar-refractivity contribution in [3.63, 3.8) is 0 Å². The molecule has 0 aliphatic rings. The predicted octanol–water partition coefficient (Wildman–Crippen LogP) is 0.840. The number of halogens is 1. The highest BCUT2D eigenvalue weighted by molar-refractivity contribution is 6.31. The van der Waals surface area contributed by atoms with Gasteiger partial charge in [-0.05, 0) is 11.6 Å². The Balaban J connectivity index is 2.33. The van der Waals surface area contributed by atoms with Crippen molar-refractivity contribution >= 4 is 23.2 Å². The first-order chi connectivity index (χ1) is 9.00. The molecule has 104 valence electrons. The first-order valence-electron chi connectivity index (χ1n) is 5.50. The second-order valence-electron chi connectivity index (χ2n) is 3.73. The zero-order valence-corrected chi connectivity index (χ0v) is 10.9. The number of nitro benzene ring substituents is 1. The van der Waals surface area contributed by atoms with E-state index in [1.54, 1.807) is 6.07 Å². The molecule has 0 bridgehead atoms. The third kappa shape index (κ3) is 5.64. The van der Waals surface area contributed by atoms with Crippen molar-refractivity contribution in [3.8, 4) is 0 Å². The summed E-state index contributed by atoms with van der Waals surface area (Å²) in [4.78, 5) is 20.4. The Kier molecular flexibility index (Phi) is 6.20. The molecule has 0 saturated heterocycles. The van der Waals surface area contributed by atoms with Crippen molar-refractivity contribution in [3.05, 3.63) is 38.9 Å². The van der Waals surface area contributed by atoms with Crippen molar-refractivity contribution in [2.24, 2.45) is 5.73 Å². The second kappa shape index (κ2) is 7.67. The molecule has 1 amide bonds. The topological polar surface area (TPSA) is 107 Å². The average Bonchev–Trinajstić information content (AvgIpc) is 2.34. The summed E-state index contributed by atoms with van der Waals surface area (Å²) in [5.41, 5.74) is 5.61. The average molecular weight is 288 g/mol. The van der Waals surface area contributed by atoms with Gasteiger partial charge in [-0.2, -0.15) is 0 Å². The summed E-state index contributed by atoms with van der Waals surface area (Å²) in [6.07, 6.45) is 0. The van der Waals surface area contributed by atoms with Gasteiger partial charge in [0.15, 0.2) is 0 Å². The lowest BCUT2D eigenvalue weighted by Crippen LogP contribution is -2.23. The molecule has 0 aliphatic carbocycles. The van der Waals surface area contributed by atoms with Gasteiger partial charge < -0.3 is 15.8 Å². The molecule has 0 aliphatic heterocycles. The highest BCUT2D eigenvalue weighted by Gasteiger charge is 2.08. The minimum absolute atomic E-state index is 0.0430. The zero-order valence-electron chi connectivity index (χ0n) is 10.1. The van der Waals surface area contributed by atoms with Crippen LogP contribution in [0.1, 0.15) is 5.56 Å². The molecule has 0 saturated carbocycles. The lowest BCUT2D eigenvalue weighted by molar-refractivity contribution is -0.384. The van der Waals surface area contributed by atoms with Crippen LogP contribution in [0.2, 0.25) is 5.02 Å². The minimum Gasteiger partial charge on any atom is -0.370 e. The fourth-order valence-electron chi connectivity index (χ4n) is 1.33. The van der Waals surface area contributed by atoms with Crippen LogP contribution in [-0.2, 0) is 16.1 Å². The number of hydrogen-bond donors (Lipinski definition) is 2. The van der Waals surface area contributed by atoms with E-state index >= 15 is 0 Å². The SMILES string of the molecule is NC(=O)COCCNCc1ccc([N+](=O)[O-])cc1Cl. The molecule has 1 aromatic rings. The molecule has 8 heteroatoms. The summed E-state index contributed by atoms with van der Waals surface area (Å²) in [6, 6.07) is 4.30. The van der Waals surface area contributed by atoms with E-state index in [4.69, 9.17) is 22.1 Å². The van der Waals surface area contributed by atoms with Gasteiger partial charge in [0.1, 0.15) is 6.61 Å². The van der Waals surface area contributed by atoms with Gasteiger partial charge in [-0.3, -0.25) is 14.9 Å².